The van der Waals surface area contributed by atoms with Crippen molar-refractivity contribution in [3.63, 3.8) is 0 Å². The van der Waals surface area contributed by atoms with Crippen LogP contribution in [-0.2, 0) is 17.0 Å². The summed E-state index contributed by atoms with van der Waals surface area (Å²) < 4.78 is 17.0. The minimum atomic E-state index is -0.291. The molecule has 0 spiro atoms. The van der Waals surface area contributed by atoms with Crippen molar-refractivity contribution in [3.8, 4) is 0 Å². The van der Waals surface area contributed by atoms with E-state index in [0.717, 1.165) is 30.8 Å². The molecular weight excluding hydrogens is 359 g/mol. The van der Waals surface area contributed by atoms with Gasteiger partial charge in [-0.3, -0.25) is 4.79 Å². The van der Waals surface area contributed by atoms with Gasteiger partial charge in [-0.05, 0) is 66.2 Å². The molecule has 6 heteroatoms. The van der Waals surface area contributed by atoms with Crippen molar-refractivity contribution in [2.45, 2.75) is 31.9 Å². The first-order valence-corrected chi connectivity index (χ1v) is 9.70. The minimum absolute atomic E-state index is 0.197. The molecular formula is C19H20ClFN2OS. The second kappa shape index (κ2) is 8.11. The predicted octanol–water partition coefficient (Wildman–Crippen LogP) is 5.43. The lowest BCUT2D eigenvalue weighted by atomic mass is 10.0. The molecule has 1 heterocycles. The van der Waals surface area contributed by atoms with Gasteiger partial charge < -0.3 is 9.62 Å². The lowest BCUT2D eigenvalue weighted by Gasteiger charge is -2.29. The van der Waals surface area contributed by atoms with Crippen LogP contribution in [0.1, 0.15) is 30.9 Å². The van der Waals surface area contributed by atoms with E-state index in [1.807, 2.05) is 17.0 Å². The molecule has 0 fully saturated rings. The topological polar surface area (TPSA) is 32.3 Å². The Labute approximate surface area is 156 Å². The predicted molar refractivity (Wildman–Crippen MR) is 104 cm³/mol. The van der Waals surface area contributed by atoms with Crippen LogP contribution in [0.3, 0.4) is 0 Å². The van der Waals surface area contributed by atoms with E-state index in [-0.39, 0.29) is 11.7 Å². The van der Waals surface area contributed by atoms with Crippen LogP contribution < -0.4 is 9.62 Å². The number of nitrogens with one attached hydrogen (secondary N) is 1. The van der Waals surface area contributed by atoms with Crippen LogP contribution in [0.4, 0.5) is 15.8 Å². The highest BCUT2D eigenvalue weighted by Gasteiger charge is 2.23. The Morgan fingerprint density at radius 2 is 2.08 bits per heavy atom. The highest BCUT2D eigenvalue weighted by molar-refractivity contribution is 7.99. The van der Waals surface area contributed by atoms with Gasteiger partial charge >= 0.3 is 0 Å². The minimum Gasteiger partial charge on any atom is -0.329 e. The first-order chi connectivity index (χ1) is 12.1. The Balaban J connectivity index is 1.65. The number of nitrogens with zero attached hydrogens (tertiary/aromatic N) is 1. The number of carbonyl (C=O) groups is 1. The molecule has 0 aromatic heterocycles. The van der Waals surface area contributed by atoms with E-state index in [4.69, 9.17) is 11.6 Å². The first-order valence-electron chi connectivity index (χ1n) is 8.33. The number of hydrogen-bond donors (Lipinski definition) is 1. The molecule has 25 heavy (non-hydrogen) atoms. The van der Waals surface area contributed by atoms with Crippen LogP contribution in [-0.4, -0.2) is 12.5 Å². The fourth-order valence-corrected chi connectivity index (χ4v) is 3.84. The molecule has 3 nitrogen and oxygen atoms in total. The summed E-state index contributed by atoms with van der Waals surface area (Å²) in [6, 6.07) is 10.8. The first kappa shape index (κ1) is 18.1. The summed E-state index contributed by atoms with van der Waals surface area (Å²) in [7, 11) is 0. The Hall–Kier alpha value is -1.72. The smallest absolute Gasteiger partial charge is 0.227 e. The second-order valence-electron chi connectivity index (χ2n) is 6.02. The Morgan fingerprint density at radius 1 is 1.24 bits per heavy atom. The summed E-state index contributed by atoms with van der Waals surface area (Å²) in [5.41, 5.74) is 3.76. The number of halogens is 2. The van der Waals surface area contributed by atoms with E-state index in [2.05, 4.69) is 17.7 Å². The van der Waals surface area contributed by atoms with E-state index in [1.165, 1.54) is 23.6 Å². The summed E-state index contributed by atoms with van der Waals surface area (Å²) in [5.74, 6) is 0.407. The molecule has 2 aromatic carbocycles. The number of aryl methyl sites for hydroxylation is 1. The average molecular weight is 379 g/mol. The third-order valence-electron chi connectivity index (χ3n) is 4.16. The molecule has 1 aliphatic rings. The van der Waals surface area contributed by atoms with Gasteiger partial charge in [0.05, 0.1) is 0 Å². The Kier molecular flexibility index (Phi) is 5.86. The van der Waals surface area contributed by atoms with Crippen LogP contribution >= 0.6 is 23.5 Å². The van der Waals surface area contributed by atoms with Gasteiger partial charge in [0.2, 0.25) is 5.91 Å². The number of fused-ring (bicyclic) bond motifs is 1. The zero-order valence-electron chi connectivity index (χ0n) is 14.0. The van der Waals surface area contributed by atoms with E-state index < -0.39 is 0 Å². The number of amides is 1. The van der Waals surface area contributed by atoms with Gasteiger partial charge in [0, 0.05) is 35.1 Å². The summed E-state index contributed by atoms with van der Waals surface area (Å²) in [6.45, 7) is 2.83. The largest absolute Gasteiger partial charge is 0.329 e. The van der Waals surface area contributed by atoms with Gasteiger partial charge in [0.25, 0.3) is 0 Å². The molecule has 1 N–H and O–H groups in total. The summed E-state index contributed by atoms with van der Waals surface area (Å²) >= 11 is 7.20. The highest BCUT2D eigenvalue weighted by Crippen LogP contribution is 2.31. The van der Waals surface area contributed by atoms with Gasteiger partial charge in [0.15, 0.2) is 0 Å². The lowest BCUT2D eigenvalue weighted by molar-refractivity contribution is -0.118. The van der Waals surface area contributed by atoms with Gasteiger partial charge in [-0.2, -0.15) is 0 Å². The van der Waals surface area contributed by atoms with Crippen molar-refractivity contribution < 1.29 is 9.18 Å². The molecule has 1 amide bonds. The molecule has 0 bridgehead atoms. The summed E-state index contributed by atoms with van der Waals surface area (Å²) in [5, 5.41) is 0.403. The maximum Gasteiger partial charge on any atom is 0.227 e. The number of anilines is 2. The maximum absolute atomic E-state index is 13.8. The molecule has 0 saturated carbocycles. The number of benzene rings is 2. The van der Waals surface area contributed by atoms with Crippen molar-refractivity contribution >= 4 is 40.8 Å². The maximum atomic E-state index is 13.8. The molecule has 1 aliphatic heterocycles. The summed E-state index contributed by atoms with van der Waals surface area (Å²) in [4.78, 5) is 14.0. The molecule has 0 unspecified atom stereocenters. The molecule has 132 valence electrons. The number of carbonyl (C=O) groups excluding carboxylic acids is 1. The molecule has 3 rings (SSSR count). The molecule has 0 saturated heterocycles. The van der Waals surface area contributed by atoms with E-state index in [0.29, 0.717) is 22.8 Å². The van der Waals surface area contributed by atoms with Gasteiger partial charge in [0.1, 0.15) is 5.82 Å². The monoisotopic (exact) mass is 378 g/mol. The van der Waals surface area contributed by atoms with Crippen LogP contribution in [0.15, 0.2) is 36.4 Å². The van der Waals surface area contributed by atoms with Crippen LogP contribution in [0.25, 0.3) is 0 Å². The highest BCUT2D eigenvalue weighted by atomic mass is 35.5. The van der Waals surface area contributed by atoms with Crippen molar-refractivity contribution in [1.82, 2.24) is 0 Å². The van der Waals surface area contributed by atoms with Crippen LogP contribution in [0.5, 0.6) is 0 Å². The van der Waals surface area contributed by atoms with E-state index in [1.54, 1.807) is 12.1 Å². The fourth-order valence-electron chi connectivity index (χ4n) is 2.93. The van der Waals surface area contributed by atoms with Gasteiger partial charge in [-0.1, -0.05) is 24.6 Å². The van der Waals surface area contributed by atoms with Crippen LogP contribution in [0, 0.1) is 5.82 Å². The van der Waals surface area contributed by atoms with Crippen molar-refractivity contribution in [1.29, 1.82) is 0 Å². The standard InChI is InChI=1S/C19H20ClFN2OS/c1-2-9-23-18-7-6-16(10-13(18)4-8-19(23)24)22-25-12-14-3-5-15(20)11-17(14)21/h3,5-7,10-11,22H,2,4,8-9,12H2,1H3. The van der Waals surface area contributed by atoms with Gasteiger partial charge in [-0.15, -0.1) is 0 Å². The zero-order chi connectivity index (χ0) is 17.8. The quantitative estimate of drug-likeness (QED) is 0.680. The number of rotatable bonds is 6. The third-order valence-corrected chi connectivity index (χ3v) is 5.23. The van der Waals surface area contributed by atoms with E-state index in [9.17, 15) is 9.18 Å². The average Bonchev–Trinajstić information content (AvgIpc) is 2.59. The molecule has 0 aliphatic carbocycles. The van der Waals surface area contributed by atoms with Crippen molar-refractivity contribution in [2.75, 3.05) is 16.2 Å². The lowest BCUT2D eigenvalue weighted by Crippen LogP contribution is -2.35. The van der Waals surface area contributed by atoms with E-state index >= 15 is 0 Å². The normalized spacial score (nSPS) is 13.7. The Bertz CT molecular complexity index is 784. The van der Waals surface area contributed by atoms with Crippen molar-refractivity contribution in [3.05, 3.63) is 58.4 Å². The summed E-state index contributed by atoms with van der Waals surface area (Å²) in [6.07, 6.45) is 2.26. The SMILES string of the molecule is CCCN1C(=O)CCc2cc(NSCc3ccc(Cl)cc3F)ccc21. The number of hydrogen-bond acceptors (Lipinski definition) is 3. The Morgan fingerprint density at radius 3 is 2.84 bits per heavy atom. The molecule has 0 radical (unpaired) electrons. The third kappa shape index (κ3) is 4.28. The fraction of sp³-hybridized carbons (Fsp3) is 0.316. The van der Waals surface area contributed by atoms with Gasteiger partial charge in [-0.25, -0.2) is 4.39 Å². The van der Waals surface area contributed by atoms with Crippen LogP contribution in [0.2, 0.25) is 5.02 Å². The zero-order valence-corrected chi connectivity index (χ0v) is 15.6. The molecule has 2 aromatic rings. The second-order valence-corrected chi connectivity index (χ2v) is 7.23. The molecule has 0 atom stereocenters. The van der Waals surface area contributed by atoms with Crippen molar-refractivity contribution in [2.24, 2.45) is 0 Å².